The van der Waals surface area contributed by atoms with Crippen molar-refractivity contribution >= 4 is 41.1 Å². The van der Waals surface area contributed by atoms with Crippen LogP contribution in [0.3, 0.4) is 0 Å². The first-order valence-corrected chi connectivity index (χ1v) is 11.9. The Hall–Kier alpha value is -4.15. The second-order valence-corrected chi connectivity index (χ2v) is 9.02. The number of amides is 3. The number of fused-ring (bicyclic) bond motifs is 2. The van der Waals surface area contributed by atoms with Crippen LogP contribution in [0.25, 0.3) is 0 Å². The fraction of sp³-hybridized carbons (Fsp3) is 0.400. The third-order valence-electron chi connectivity index (χ3n) is 6.26. The molecule has 1 atom stereocenters. The van der Waals surface area contributed by atoms with E-state index in [-0.39, 0.29) is 55.6 Å². The number of ether oxygens (including phenoxy) is 1. The van der Waals surface area contributed by atoms with Gasteiger partial charge in [-0.1, -0.05) is 0 Å². The molecular weight excluding hydrogens is 462 g/mol. The highest BCUT2D eigenvalue weighted by Gasteiger charge is 2.32. The number of carbonyl (C=O) groups excluding carboxylic acids is 3. The lowest BCUT2D eigenvalue weighted by molar-refractivity contribution is -0.116. The van der Waals surface area contributed by atoms with Gasteiger partial charge in [-0.15, -0.1) is 0 Å². The first kappa shape index (κ1) is 25.0. The molecule has 0 spiro atoms. The highest BCUT2D eigenvalue weighted by Crippen LogP contribution is 2.34. The van der Waals surface area contributed by atoms with Crippen LogP contribution in [-0.4, -0.2) is 65.0 Å². The maximum atomic E-state index is 12.9. The van der Waals surface area contributed by atoms with Gasteiger partial charge in [0.05, 0.1) is 41.8 Å². The number of nitrogens with two attached hydrogens (primary N) is 1. The van der Waals surface area contributed by atoms with Gasteiger partial charge in [0.2, 0.25) is 5.91 Å². The standard InChI is InChI=1S/C25H31N7O4/c1-15-10-18-19(29-13-17-4-3-8-32(17)25(18)35)12-21(15)36-9-6-23(33)30-16-11-20(31(2)14-16)24(34)28-7-5-22(26)27/h10-14,17H,3-9H2,1-2H3,(H3,26,27)(H,28,34)(H,30,33)/t17-/m0/s1. The Morgan fingerprint density at radius 3 is 2.86 bits per heavy atom. The highest BCUT2D eigenvalue weighted by molar-refractivity contribution is 6.03. The first-order chi connectivity index (χ1) is 17.2. The molecule has 0 radical (unpaired) electrons. The maximum Gasteiger partial charge on any atom is 0.267 e. The summed E-state index contributed by atoms with van der Waals surface area (Å²) in [4.78, 5) is 44.1. The molecule has 1 aromatic heterocycles. The summed E-state index contributed by atoms with van der Waals surface area (Å²) in [7, 11) is 1.71. The average Bonchev–Trinajstić information content (AvgIpc) is 3.41. The Kier molecular flexibility index (Phi) is 7.37. The van der Waals surface area contributed by atoms with Crippen LogP contribution in [0.15, 0.2) is 29.4 Å². The van der Waals surface area contributed by atoms with Crippen molar-refractivity contribution in [2.24, 2.45) is 17.8 Å². The molecule has 11 heteroatoms. The van der Waals surface area contributed by atoms with Gasteiger partial charge in [-0.25, -0.2) is 0 Å². The molecule has 0 unspecified atom stereocenters. The van der Waals surface area contributed by atoms with Crippen LogP contribution >= 0.6 is 0 Å². The van der Waals surface area contributed by atoms with Crippen molar-refractivity contribution in [2.45, 2.75) is 38.6 Å². The van der Waals surface area contributed by atoms with E-state index in [1.165, 1.54) is 0 Å². The van der Waals surface area contributed by atoms with E-state index in [0.717, 1.165) is 24.9 Å². The number of nitrogens with zero attached hydrogens (tertiary/aromatic N) is 3. The summed E-state index contributed by atoms with van der Waals surface area (Å²) < 4.78 is 7.47. The largest absolute Gasteiger partial charge is 0.493 e. The summed E-state index contributed by atoms with van der Waals surface area (Å²) in [6.07, 6.45) is 5.76. The number of anilines is 1. The summed E-state index contributed by atoms with van der Waals surface area (Å²) in [5.74, 6) is -0.000230. The Bertz CT molecular complexity index is 1230. The van der Waals surface area contributed by atoms with Crippen LogP contribution in [0.2, 0.25) is 0 Å². The molecule has 36 heavy (non-hydrogen) atoms. The second-order valence-electron chi connectivity index (χ2n) is 9.02. The molecule has 4 rings (SSSR count). The molecule has 2 aromatic rings. The van der Waals surface area contributed by atoms with Gasteiger partial charge in [0.15, 0.2) is 0 Å². The molecule has 5 N–H and O–H groups in total. The van der Waals surface area contributed by atoms with Crippen LogP contribution in [-0.2, 0) is 11.8 Å². The van der Waals surface area contributed by atoms with Crippen molar-refractivity contribution in [3.8, 4) is 5.75 Å². The molecule has 190 valence electrons. The lowest BCUT2D eigenvalue weighted by Gasteiger charge is -2.20. The molecule has 0 bridgehead atoms. The van der Waals surface area contributed by atoms with E-state index in [1.807, 2.05) is 18.0 Å². The number of carbonyl (C=O) groups is 3. The van der Waals surface area contributed by atoms with E-state index in [1.54, 1.807) is 36.0 Å². The van der Waals surface area contributed by atoms with Crippen molar-refractivity contribution in [3.63, 3.8) is 0 Å². The topological polar surface area (TPSA) is 155 Å². The monoisotopic (exact) mass is 493 g/mol. The number of aliphatic imine (C=N–C) groups is 1. The molecule has 3 heterocycles. The van der Waals surface area contributed by atoms with E-state index < -0.39 is 0 Å². The van der Waals surface area contributed by atoms with E-state index in [2.05, 4.69) is 15.6 Å². The lowest BCUT2D eigenvalue weighted by Crippen LogP contribution is -2.35. The predicted octanol–water partition coefficient (Wildman–Crippen LogP) is 2.12. The van der Waals surface area contributed by atoms with Crippen LogP contribution < -0.4 is 21.1 Å². The van der Waals surface area contributed by atoms with Gasteiger partial charge >= 0.3 is 0 Å². The minimum Gasteiger partial charge on any atom is -0.493 e. The van der Waals surface area contributed by atoms with Crippen LogP contribution in [0.1, 0.15) is 52.1 Å². The minimum absolute atomic E-state index is 0.0000375. The Balaban J connectivity index is 1.32. The van der Waals surface area contributed by atoms with E-state index in [4.69, 9.17) is 15.9 Å². The third-order valence-corrected chi connectivity index (χ3v) is 6.26. The predicted molar refractivity (Wildman–Crippen MR) is 136 cm³/mol. The molecular formula is C25H31N7O4. The highest BCUT2D eigenvalue weighted by atomic mass is 16.5. The van der Waals surface area contributed by atoms with E-state index >= 15 is 0 Å². The van der Waals surface area contributed by atoms with Crippen LogP contribution in [0.5, 0.6) is 5.75 Å². The quantitative estimate of drug-likeness (QED) is 0.311. The lowest BCUT2D eigenvalue weighted by atomic mass is 10.1. The fourth-order valence-corrected chi connectivity index (χ4v) is 4.37. The number of aryl methyl sites for hydroxylation is 2. The Labute approximate surface area is 209 Å². The van der Waals surface area contributed by atoms with E-state index in [0.29, 0.717) is 28.4 Å². The van der Waals surface area contributed by atoms with Gasteiger partial charge < -0.3 is 30.6 Å². The normalized spacial score (nSPS) is 16.2. The van der Waals surface area contributed by atoms with Crippen molar-refractivity contribution in [1.29, 1.82) is 5.41 Å². The van der Waals surface area contributed by atoms with Crippen molar-refractivity contribution in [1.82, 2.24) is 14.8 Å². The van der Waals surface area contributed by atoms with Gasteiger partial charge in [0.25, 0.3) is 11.8 Å². The van der Waals surface area contributed by atoms with Crippen molar-refractivity contribution in [2.75, 3.05) is 25.0 Å². The third kappa shape index (κ3) is 5.56. The smallest absolute Gasteiger partial charge is 0.267 e. The maximum absolute atomic E-state index is 12.9. The van der Waals surface area contributed by atoms with E-state index in [9.17, 15) is 14.4 Å². The van der Waals surface area contributed by atoms with Crippen LogP contribution in [0.4, 0.5) is 11.4 Å². The van der Waals surface area contributed by atoms with Crippen molar-refractivity contribution in [3.05, 3.63) is 41.2 Å². The summed E-state index contributed by atoms with van der Waals surface area (Å²) in [6.45, 7) is 3.02. The summed E-state index contributed by atoms with van der Waals surface area (Å²) in [6, 6.07) is 5.19. The molecule has 1 saturated heterocycles. The minimum atomic E-state index is -0.317. The fourth-order valence-electron chi connectivity index (χ4n) is 4.37. The number of rotatable bonds is 9. The molecule has 2 aliphatic heterocycles. The zero-order valence-corrected chi connectivity index (χ0v) is 20.5. The zero-order chi connectivity index (χ0) is 25.8. The second kappa shape index (κ2) is 10.6. The zero-order valence-electron chi connectivity index (χ0n) is 20.5. The van der Waals surface area contributed by atoms with Crippen LogP contribution in [0, 0.1) is 12.3 Å². The summed E-state index contributed by atoms with van der Waals surface area (Å²) in [5.41, 5.74) is 8.13. The molecule has 0 saturated carbocycles. The van der Waals surface area contributed by atoms with Gasteiger partial charge in [-0.3, -0.25) is 24.8 Å². The molecule has 1 fully saturated rings. The number of amidine groups is 1. The first-order valence-electron chi connectivity index (χ1n) is 11.9. The number of hydrogen-bond donors (Lipinski definition) is 4. The van der Waals surface area contributed by atoms with Crippen molar-refractivity contribution < 1.29 is 19.1 Å². The molecule has 0 aliphatic carbocycles. The number of benzene rings is 1. The van der Waals surface area contributed by atoms with Gasteiger partial charge in [0.1, 0.15) is 11.4 Å². The number of hydrogen-bond acceptors (Lipinski definition) is 6. The van der Waals surface area contributed by atoms with Gasteiger partial charge in [-0.05, 0) is 37.5 Å². The summed E-state index contributed by atoms with van der Waals surface area (Å²) in [5, 5.41) is 12.7. The number of nitrogens with one attached hydrogen (secondary N) is 3. The summed E-state index contributed by atoms with van der Waals surface area (Å²) >= 11 is 0. The molecule has 2 aliphatic rings. The van der Waals surface area contributed by atoms with Gasteiger partial charge in [0, 0.05) is 45.0 Å². The van der Waals surface area contributed by atoms with Gasteiger partial charge in [-0.2, -0.15) is 0 Å². The Morgan fingerprint density at radius 2 is 2.08 bits per heavy atom. The average molecular weight is 494 g/mol. The molecule has 11 nitrogen and oxygen atoms in total. The molecule has 1 aromatic carbocycles. The number of aromatic nitrogens is 1. The molecule has 3 amide bonds. The SMILES string of the molecule is Cc1cc2c(cc1OCCC(=O)Nc1cc(C(=O)NCCC(=N)N)n(C)c1)N=C[C@@H]1CCCN1C2=O. The Morgan fingerprint density at radius 1 is 1.28 bits per heavy atom.